The molecular weight excluding hydrogens is 471 g/mol. The maximum Gasteiger partial charge on any atom is 0.413 e. The number of nitrogens with one attached hydrogen (secondary N) is 1. The molecule has 5 nitrogen and oxygen atoms in total. The first-order valence-electron chi connectivity index (χ1n) is 7.55. The summed E-state index contributed by atoms with van der Waals surface area (Å²) >= 11 is 3.34. The molecule has 0 spiro atoms. The van der Waals surface area contributed by atoms with E-state index in [9.17, 15) is 14.0 Å². The van der Waals surface area contributed by atoms with Crippen LogP contribution in [0.15, 0.2) is 42.6 Å². The molecular formula is C18H19Br2FN2O3. The van der Waals surface area contributed by atoms with Crippen LogP contribution in [0.4, 0.5) is 15.0 Å². The molecule has 2 rings (SSSR count). The average Bonchev–Trinajstić information content (AvgIpc) is 2.52. The molecule has 1 amide bonds. The number of amides is 1. The number of Topliss-reactive ketones (excluding diaryl/α,β-unsaturated/α-hetero) is 1. The molecule has 0 aliphatic rings. The molecule has 1 aromatic carbocycles. The van der Waals surface area contributed by atoms with Crippen LogP contribution in [0.5, 0.6) is 0 Å². The van der Waals surface area contributed by atoms with Crippen LogP contribution in [-0.4, -0.2) is 22.5 Å². The van der Waals surface area contributed by atoms with Crippen LogP contribution in [0.2, 0.25) is 0 Å². The summed E-state index contributed by atoms with van der Waals surface area (Å²) in [5, 5.41) is 2.53. The zero-order chi connectivity index (χ0) is 18.6. The molecule has 1 unspecified atom stereocenters. The van der Waals surface area contributed by atoms with Crippen molar-refractivity contribution in [1.82, 2.24) is 4.98 Å². The summed E-state index contributed by atoms with van der Waals surface area (Å²) in [5.74, 6) is -0.368. The van der Waals surface area contributed by atoms with Crippen LogP contribution in [0.3, 0.4) is 0 Å². The molecule has 26 heavy (non-hydrogen) atoms. The van der Waals surface area contributed by atoms with Crippen molar-refractivity contribution in [2.45, 2.75) is 31.2 Å². The number of alkyl halides is 1. The van der Waals surface area contributed by atoms with Gasteiger partial charge in [-0.15, -0.1) is 17.0 Å². The van der Waals surface area contributed by atoms with Gasteiger partial charge in [-0.1, -0.05) is 15.9 Å². The van der Waals surface area contributed by atoms with Gasteiger partial charge >= 0.3 is 6.09 Å². The molecule has 0 saturated carbocycles. The average molecular weight is 490 g/mol. The monoisotopic (exact) mass is 488 g/mol. The van der Waals surface area contributed by atoms with E-state index >= 15 is 0 Å². The Morgan fingerprint density at radius 1 is 1.19 bits per heavy atom. The second-order valence-corrected chi connectivity index (χ2v) is 7.25. The van der Waals surface area contributed by atoms with Gasteiger partial charge in [-0.2, -0.15) is 0 Å². The van der Waals surface area contributed by atoms with Crippen LogP contribution < -0.4 is 5.32 Å². The van der Waals surface area contributed by atoms with E-state index in [1.54, 1.807) is 32.9 Å². The molecule has 1 heterocycles. The molecule has 1 aromatic heterocycles. The number of nitrogens with zero attached hydrogens (tertiary/aromatic N) is 1. The van der Waals surface area contributed by atoms with Gasteiger partial charge in [0.2, 0.25) is 0 Å². The highest BCUT2D eigenvalue weighted by molar-refractivity contribution is 9.09. The second-order valence-electron chi connectivity index (χ2n) is 6.34. The van der Waals surface area contributed by atoms with Crippen molar-refractivity contribution in [2.24, 2.45) is 0 Å². The van der Waals surface area contributed by atoms with Gasteiger partial charge in [-0.3, -0.25) is 10.1 Å². The molecule has 0 aliphatic heterocycles. The number of hydrogen-bond acceptors (Lipinski definition) is 4. The van der Waals surface area contributed by atoms with Gasteiger partial charge in [0.15, 0.2) is 5.78 Å². The minimum absolute atomic E-state index is 0. The van der Waals surface area contributed by atoms with E-state index in [0.29, 0.717) is 11.1 Å². The topological polar surface area (TPSA) is 68.3 Å². The Bertz CT molecular complexity index is 777. The first-order valence-corrected chi connectivity index (χ1v) is 8.47. The normalized spacial score (nSPS) is 11.9. The largest absolute Gasteiger partial charge is 0.444 e. The fourth-order valence-corrected chi connectivity index (χ4v) is 2.54. The van der Waals surface area contributed by atoms with Gasteiger partial charge in [-0.05, 0) is 62.7 Å². The number of anilines is 1. The molecule has 0 fully saturated rings. The molecule has 0 saturated heterocycles. The Kier molecular flexibility index (Phi) is 7.89. The highest BCUT2D eigenvalue weighted by Crippen LogP contribution is 2.28. The van der Waals surface area contributed by atoms with E-state index in [-0.39, 0.29) is 28.6 Å². The third-order valence-corrected chi connectivity index (χ3v) is 4.01. The van der Waals surface area contributed by atoms with Gasteiger partial charge < -0.3 is 4.74 Å². The van der Waals surface area contributed by atoms with Crippen LogP contribution in [0.25, 0.3) is 0 Å². The minimum atomic E-state index is -0.653. The summed E-state index contributed by atoms with van der Waals surface area (Å²) in [6.07, 6.45) is 0.849. The standard InChI is InChI=1S/C18H18BrFN2O3.BrH/c1-18(2,3)25-17(24)22-14-10-12(8-9-21-14)15(19)16(23)11-4-6-13(20)7-5-11;/h4-10,15H,1-3H3,(H,21,22,24);1H. The summed E-state index contributed by atoms with van der Waals surface area (Å²) < 4.78 is 18.1. The first kappa shape index (κ1) is 22.2. The number of rotatable bonds is 4. The number of carbonyl (C=O) groups is 2. The summed E-state index contributed by atoms with van der Waals surface area (Å²) in [6.45, 7) is 5.27. The summed E-state index contributed by atoms with van der Waals surface area (Å²) in [6, 6.07) is 8.54. The van der Waals surface area contributed by atoms with Crippen molar-refractivity contribution < 1.29 is 18.7 Å². The minimum Gasteiger partial charge on any atom is -0.444 e. The van der Waals surface area contributed by atoms with Gasteiger partial charge in [0.05, 0.1) is 0 Å². The molecule has 0 aliphatic carbocycles. The van der Waals surface area contributed by atoms with Gasteiger partial charge in [0, 0.05) is 11.8 Å². The number of pyridine rings is 1. The van der Waals surface area contributed by atoms with E-state index in [4.69, 9.17) is 4.74 Å². The van der Waals surface area contributed by atoms with Crippen LogP contribution >= 0.6 is 32.9 Å². The molecule has 1 N–H and O–H groups in total. The van der Waals surface area contributed by atoms with E-state index in [0.717, 1.165) is 0 Å². The van der Waals surface area contributed by atoms with Crippen molar-refractivity contribution in [3.8, 4) is 0 Å². The Hall–Kier alpha value is -1.80. The van der Waals surface area contributed by atoms with E-state index in [1.807, 2.05) is 0 Å². The molecule has 8 heteroatoms. The van der Waals surface area contributed by atoms with Crippen LogP contribution in [0.1, 0.15) is 41.5 Å². The number of aromatic nitrogens is 1. The van der Waals surface area contributed by atoms with E-state index in [2.05, 4.69) is 26.2 Å². The van der Waals surface area contributed by atoms with Gasteiger partial charge in [0.25, 0.3) is 0 Å². The summed E-state index contributed by atoms with van der Waals surface area (Å²) in [5.41, 5.74) is 0.357. The SMILES string of the molecule is Br.CC(C)(C)OC(=O)Nc1cc(C(Br)C(=O)c2ccc(F)cc2)ccn1. The Morgan fingerprint density at radius 2 is 1.81 bits per heavy atom. The number of hydrogen-bond donors (Lipinski definition) is 1. The Labute approximate surface area is 170 Å². The third-order valence-electron chi connectivity index (χ3n) is 3.06. The number of benzene rings is 1. The van der Waals surface area contributed by atoms with Crippen molar-refractivity contribution >= 4 is 50.6 Å². The lowest BCUT2D eigenvalue weighted by Crippen LogP contribution is -2.27. The maximum atomic E-state index is 13.0. The van der Waals surface area contributed by atoms with E-state index < -0.39 is 22.3 Å². The summed E-state index contributed by atoms with van der Waals surface area (Å²) in [7, 11) is 0. The molecule has 1 atom stereocenters. The lowest BCUT2D eigenvalue weighted by molar-refractivity contribution is 0.0635. The lowest BCUT2D eigenvalue weighted by atomic mass is 10.0. The van der Waals surface area contributed by atoms with Crippen molar-refractivity contribution in [2.75, 3.05) is 5.32 Å². The van der Waals surface area contributed by atoms with Gasteiger partial charge in [-0.25, -0.2) is 14.2 Å². The first-order chi connectivity index (χ1) is 11.7. The molecule has 2 aromatic rings. The summed E-state index contributed by atoms with van der Waals surface area (Å²) in [4.78, 5) is 27.7. The highest BCUT2D eigenvalue weighted by atomic mass is 79.9. The quantitative estimate of drug-likeness (QED) is 0.457. The maximum absolute atomic E-state index is 13.0. The molecule has 0 radical (unpaired) electrons. The predicted molar refractivity (Wildman–Crippen MR) is 107 cm³/mol. The van der Waals surface area contributed by atoms with Crippen LogP contribution in [0, 0.1) is 5.82 Å². The number of ether oxygens (including phenoxy) is 1. The predicted octanol–water partition coefficient (Wildman–Crippen LogP) is 5.46. The van der Waals surface area contributed by atoms with E-state index in [1.165, 1.54) is 30.5 Å². The lowest BCUT2D eigenvalue weighted by Gasteiger charge is -2.19. The Balaban J connectivity index is 0.00000338. The smallest absolute Gasteiger partial charge is 0.413 e. The Morgan fingerprint density at radius 3 is 2.38 bits per heavy atom. The molecule has 0 bridgehead atoms. The van der Waals surface area contributed by atoms with Gasteiger partial charge in [0.1, 0.15) is 22.1 Å². The zero-order valence-corrected chi connectivity index (χ0v) is 17.8. The third kappa shape index (κ3) is 6.49. The highest BCUT2D eigenvalue weighted by Gasteiger charge is 2.21. The molecule has 140 valence electrons. The van der Waals surface area contributed by atoms with Crippen molar-refractivity contribution in [1.29, 1.82) is 0 Å². The number of carbonyl (C=O) groups excluding carboxylic acids is 2. The number of ketones is 1. The zero-order valence-electron chi connectivity index (χ0n) is 14.5. The fraction of sp³-hybridized carbons (Fsp3) is 0.278. The van der Waals surface area contributed by atoms with Crippen molar-refractivity contribution in [3.05, 3.63) is 59.5 Å². The van der Waals surface area contributed by atoms with Crippen molar-refractivity contribution in [3.63, 3.8) is 0 Å². The van der Waals surface area contributed by atoms with Crippen LogP contribution in [-0.2, 0) is 4.74 Å². The number of halogens is 3. The fourth-order valence-electron chi connectivity index (χ4n) is 1.99. The second kappa shape index (κ2) is 9.23.